The summed E-state index contributed by atoms with van der Waals surface area (Å²) >= 11 is 6.19. The molecule has 0 unspecified atom stereocenters. The van der Waals surface area contributed by atoms with Gasteiger partial charge >= 0.3 is 11.9 Å². The molecule has 0 spiro atoms. The molecule has 0 amide bonds. The minimum atomic E-state index is -0.657. The lowest BCUT2D eigenvalue weighted by molar-refractivity contribution is -0.383. The van der Waals surface area contributed by atoms with Gasteiger partial charge < -0.3 is 20.1 Å². The van der Waals surface area contributed by atoms with Crippen LogP contribution >= 0.6 is 23.6 Å². The number of ether oxygens (including phenoxy) is 2. The summed E-state index contributed by atoms with van der Waals surface area (Å²) in [7, 11) is 2.45. The van der Waals surface area contributed by atoms with Gasteiger partial charge in [-0.05, 0) is 43.3 Å². The number of carbonyl (C=O) groups is 2. The summed E-state index contributed by atoms with van der Waals surface area (Å²) in [6.07, 6.45) is 0. The smallest absolute Gasteiger partial charge is 0.348 e. The molecule has 0 saturated heterocycles. The van der Waals surface area contributed by atoms with Crippen LogP contribution in [-0.2, 0) is 9.47 Å². The zero-order valence-corrected chi connectivity index (χ0v) is 17.1. The Bertz CT molecular complexity index is 970. The third-order valence-corrected chi connectivity index (χ3v) is 5.12. The molecule has 0 aliphatic heterocycles. The summed E-state index contributed by atoms with van der Waals surface area (Å²) in [6, 6.07) is 4.64. The highest BCUT2D eigenvalue weighted by Crippen LogP contribution is 2.34. The van der Waals surface area contributed by atoms with Crippen LogP contribution in [-0.4, -0.2) is 36.2 Å². The maximum Gasteiger partial charge on any atom is 0.348 e. The van der Waals surface area contributed by atoms with Gasteiger partial charge in [-0.3, -0.25) is 10.1 Å². The quantitative estimate of drug-likeness (QED) is 0.321. The molecule has 2 N–H and O–H groups in total. The molecule has 0 aliphatic carbocycles. The van der Waals surface area contributed by atoms with E-state index < -0.39 is 16.9 Å². The fraction of sp³-hybridized carbons (Fsp3) is 0.235. The van der Waals surface area contributed by atoms with Crippen molar-refractivity contribution in [3.8, 4) is 0 Å². The first-order chi connectivity index (χ1) is 13.2. The zero-order valence-electron chi connectivity index (χ0n) is 15.4. The molecule has 28 heavy (non-hydrogen) atoms. The van der Waals surface area contributed by atoms with Crippen molar-refractivity contribution in [1.82, 2.24) is 0 Å². The number of carbonyl (C=O) groups excluding carboxylic acids is 2. The number of hydrogen-bond donors (Lipinski definition) is 2. The maximum absolute atomic E-state index is 12.1. The summed E-state index contributed by atoms with van der Waals surface area (Å²) in [5.41, 5.74) is 1.29. The van der Waals surface area contributed by atoms with Gasteiger partial charge in [0.25, 0.3) is 5.69 Å². The molecule has 1 aromatic carbocycles. The number of methoxy groups -OCH3 is 2. The van der Waals surface area contributed by atoms with Crippen LogP contribution in [0.5, 0.6) is 0 Å². The lowest BCUT2D eigenvalue weighted by Crippen LogP contribution is -2.20. The van der Waals surface area contributed by atoms with Crippen LogP contribution in [0.4, 0.5) is 16.4 Å². The number of anilines is 2. The Labute approximate surface area is 169 Å². The molecule has 1 aromatic heterocycles. The summed E-state index contributed by atoms with van der Waals surface area (Å²) in [6.45, 7) is 3.32. The van der Waals surface area contributed by atoms with E-state index in [2.05, 4.69) is 10.6 Å². The molecule has 0 radical (unpaired) electrons. The summed E-state index contributed by atoms with van der Waals surface area (Å²) in [5, 5.41) is 17.1. The number of nitro groups is 1. The number of thiocarbonyl (C=S) groups is 1. The van der Waals surface area contributed by atoms with Crippen molar-refractivity contribution in [1.29, 1.82) is 0 Å². The maximum atomic E-state index is 12.1. The predicted molar refractivity (Wildman–Crippen MR) is 109 cm³/mol. The number of nitrogens with one attached hydrogen (secondary N) is 2. The van der Waals surface area contributed by atoms with Crippen LogP contribution in [0, 0.1) is 24.0 Å². The third-order valence-electron chi connectivity index (χ3n) is 3.73. The average molecular weight is 423 g/mol. The molecular formula is C17H17N3O6S2. The Morgan fingerprint density at radius 2 is 1.79 bits per heavy atom. The van der Waals surface area contributed by atoms with Crippen LogP contribution in [0.2, 0.25) is 0 Å². The molecule has 1 heterocycles. The van der Waals surface area contributed by atoms with E-state index in [4.69, 9.17) is 21.7 Å². The van der Waals surface area contributed by atoms with E-state index in [0.717, 1.165) is 16.9 Å². The van der Waals surface area contributed by atoms with Crippen molar-refractivity contribution in [2.75, 3.05) is 24.9 Å². The highest BCUT2D eigenvalue weighted by Gasteiger charge is 2.26. The highest BCUT2D eigenvalue weighted by molar-refractivity contribution is 7.80. The average Bonchev–Trinajstić information content (AvgIpc) is 2.97. The number of rotatable bonds is 5. The standard InChI is InChI=1S/C17H17N3O6S2/c1-8-5-6-10(11(7-8)20(23)24)18-17(27)19-14-12(15(21)25-3)9(2)13(28-14)16(22)26-4/h5-7H,1-4H3,(H2,18,19,27). The van der Waals surface area contributed by atoms with E-state index in [1.165, 1.54) is 26.4 Å². The monoisotopic (exact) mass is 423 g/mol. The second-order valence-corrected chi connectivity index (χ2v) is 7.03. The molecule has 0 atom stereocenters. The van der Waals surface area contributed by atoms with E-state index in [-0.39, 0.29) is 31.9 Å². The van der Waals surface area contributed by atoms with Crippen LogP contribution in [0.15, 0.2) is 18.2 Å². The summed E-state index contributed by atoms with van der Waals surface area (Å²) in [4.78, 5) is 35.0. The van der Waals surface area contributed by atoms with Gasteiger partial charge in [-0.25, -0.2) is 9.59 Å². The Morgan fingerprint density at radius 1 is 1.14 bits per heavy atom. The lowest BCUT2D eigenvalue weighted by atomic mass is 10.1. The topological polar surface area (TPSA) is 120 Å². The summed E-state index contributed by atoms with van der Waals surface area (Å²) < 4.78 is 9.49. The zero-order chi connectivity index (χ0) is 21.0. The summed E-state index contributed by atoms with van der Waals surface area (Å²) in [5.74, 6) is -1.26. The number of hydrogen-bond acceptors (Lipinski definition) is 8. The van der Waals surface area contributed by atoms with E-state index in [9.17, 15) is 19.7 Å². The van der Waals surface area contributed by atoms with Gasteiger partial charge in [-0.2, -0.15) is 0 Å². The predicted octanol–water partition coefficient (Wildman–Crippen LogP) is 3.66. The van der Waals surface area contributed by atoms with E-state index >= 15 is 0 Å². The second kappa shape index (κ2) is 8.76. The van der Waals surface area contributed by atoms with Crippen molar-refractivity contribution in [2.24, 2.45) is 0 Å². The van der Waals surface area contributed by atoms with E-state index in [1.807, 2.05) is 0 Å². The second-order valence-electron chi connectivity index (χ2n) is 5.60. The van der Waals surface area contributed by atoms with Gasteiger partial charge in [0.15, 0.2) is 5.11 Å². The first-order valence-electron chi connectivity index (χ1n) is 7.82. The number of nitrogens with zero attached hydrogens (tertiary/aromatic N) is 1. The van der Waals surface area contributed by atoms with Gasteiger partial charge in [0.2, 0.25) is 0 Å². The Kier molecular flexibility index (Phi) is 6.65. The third kappa shape index (κ3) is 4.43. The highest BCUT2D eigenvalue weighted by atomic mass is 32.1. The van der Waals surface area contributed by atoms with Gasteiger partial charge in [-0.1, -0.05) is 6.07 Å². The Balaban J connectivity index is 2.35. The number of benzene rings is 1. The molecule has 9 nitrogen and oxygen atoms in total. The fourth-order valence-electron chi connectivity index (χ4n) is 2.39. The van der Waals surface area contributed by atoms with Crippen LogP contribution in [0.25, 0.3) is 0 Å². The van der Waals surface area contributed by atoms with Crippen molar-refractivity contribution < 1.29 is 24.0 Å². The SMILES string of the molecule is COC(=O)c1sc(NC(=S)Nc2ccc(C)cc2[N+](=O)[O-])c(C(=O)OC)c1C. The molecular weight excluding hydrogens is 406 g/mol. The van der Waals surface area contributed by atoms with Crippen molar-refractivity contribution in [3.63, 3.8) is 0 Å². The van der Waals surface area contributed by atoms with Gasteiger partial charge in [0.05, 0.1) is 24.7 Å². The molecule has 148 valence electrons. The van der Waals surface area contributed by atoms with E-state index in [1.54, 1.807) is 19.9 Å². The molecule has 0 aliphatic rings. The molecule has 0 fully saturated rings. The molecule has 0 bridgehead atoms. The normalized spacial score (nSPS) is 10.1. The van der Waals surface area contributed by atoms with Gasteiger partial charge in [-0.15, -0.1) is 11.3 Å². The molecule has 2 aromatic rings. The Morgan fingerprint density at radius 3 is 2.36 bits per heavy atom. The van der Waals surface area contributed by atoms with Gasteiger partial charge in [0.1, 0.15) is 15.6 Å². The van der Waals surface area contributed by atoms with Crippen molar-refractivity contribution in [2.45, 2.75) is 13.8 Å². The number of thiophene rings is 1. The first kappa shape index (κ1) is 21.3. The first-order valence-corrected chi connectivity index (χ1v) is 9.05. The Hall–Kier alpha value is -3.05. The van der Waals surface area contributed by atoms with Crippen molar-refractivity contribution in [3.05, 3.63) is 49.9 Å². The minimum absolute atomic E-state index is 0.00905. The lowest BCUT2D eigenvalue weighted by Gasteiger charge is -2.11. The largest absolute Gasteiger partial charge is 0.465 e. The number of esters is 2. The van der Waals surface area contributed by atoms with Gasteiger partial charge in [0, 0.05) is 6.07 Å². The molecule has 0 saturated carbocycles. The van der Waals surface area contributed by atoms with Crippen molar-refractivity contribution >= 4 is 57.0 Å². The molecule has 11 heteroatoms. The van der Waals surface area contributed by atoms with E-state index in [0.29, 0.717) is 5.56 Å². The fourth-order valence-corrected chi connectivity index (χ4v) is 3.79. The van der Waals surface area contributed by atoms with Crippen LogP contribution < -0.4 is 10.6 Å². The van der Waals surface area contributed by atoms with Crippen LogP contribution in [0.3, 0.4) is 0 Å². The van der Waals surface area contributed by atoms with Crippen LogP contribution in [0.1, 0.15) is 31.2 Å². The number of aryl methyl sites for hydroxylation is 1. The number of nitro benzene ring substituents is 1. The molecule has 2 rings (SSSR count). The minimum Gasteiger partial charge on any atom is -0.465 e.